The summed E-state index contributed by atoms with van der Waals surface area (Å²) in [6.07, 6.45) is 6.99. The quantitative estimate of drug-likeness (QED) is 0.782. The van der Waals surface area contributed by atoms with Crippen molar-refractivity contribution in [2.45, 2.75) is 47.0 Å². The maximum atomic E-state index is 11.8. The molecule has 0 bridgehead atoms. The smallest absolute Gasteiger partial charge is 0.308 e. The lowest BCUT2D eigenvalue weighted by Crippen LogP contribution is -2.49. The van der Waals surface area contributed by atoms with Gasteiger partial charge in [0.25, 0.3) is 0 Å². The Morgan fingerprint density at radius 3 is 2.00 bits per heavy atom. The van der Waals surface area contributed by atoms with Crippen LogP contribution in [0.4, 0.5) is 0 Å². The van der Waals surface area contributed by atoms with Crippen molar-refractivity contribution in [1.29, 1.82) is 0 Å². The Labute approximate surface area is 126 Å². The Morgan fingerprint density at radius 1 is 1.00 bits per heavy atom. The van der Waals surface area contributed by atoms with Crippen LogP contribution in [-0.4, -0.2) is 22.2 Å². The summed E-state index contributed by atoms with van der Waals surface area (Å²) in [5.74, 6) is -4.12. The van der Waals surface area contributed by atoms with Crippen LogP contribution in [0.5, 0.6) is 0 Å². The molecule has 2 aliphatic rings. The summed E-state index contributed by atoms with van der Waals surface area (Å²) in [4.78, 5) is 23.4. The zero-order valence-electron chi connectivity index (χ0n) is 13.3. The van der Waals surface area contributed by atoms with E-state index in [-0.39, 0.29) is 22.7 Å². The van der Waals surface area contributed by atoms with E-state index in [1.54, 1.807) is 6.92 Å². The molecular weight excluding hydrogens is 268 g/mol. The zero-order valence-corrected chi connectivity index (χ0v) is 13.3. The molecule has 0 aliphatic heterocycles. The molecule has 0 aromatic rings. The van der Waals surface area contributed by atoms with E-state index in [2.05, 4.69) is 20.8 Å². The van der Waals surface area contributed by atoms with Crippen molar-refractivity contribution < 1.29 is 19.8 Å². The van der Waals surface area contributed by atoms with E-state index < -0.39 is 23.8 Å². The summed E-state index contributed by atoms with van der Waals surface area (Å²) in [5.41, 5.74) is -0.139. The molecule has 4 unspecified atom stereocenters. The first-order chi connectivity index (χ1) is 9.62. The van der Waals surface area contributed by atoms with E-state index in [0.29, 0.717) is 0 Å². The molecule has 0 radical (unpaired) electrons. The molecule has 21 heavy (non-hydrogen) atoms. The SMILES string of the molecule is CC1C=CC([C@]2(C)CCCC2(C)C)C(C(=O)O)C1C(=O)O. The largest absolute Gasteiger partial charge is 0.481 e. The minimum atomic E-state index is -0.997. The molecule has 2 rings (SSSR count). The van der Waals surface area contributed by atoms with E-state index in [1.165, 1.54) is 0 Å². The number of carbonyl (C=O) groups is 2. The third-order valence-corrected chi connectivity index (χ3v) is 6.31. The Kier molecular flexibility index (Phi) is 3.94. The average molecular weight is 294 g/mol. The van der Waals surface area contributed by atoms with Gasteiger partial charge in [0.1, 0.15) is 0 Å². The van der Waals surface area contributed by atoms with Crippen molar-refractivity contribution in [2.24, 2.45) is 34.5 Å². The van der Waals surface area contributed by atoms with Crippen molar-refractivity contribution in [3.63, 3.8) is 0 Å². The predicted octanol–water partition coefficient (Wildman–Crippen LogP) is 3.43. The number of carboxylic acids is 2. The average Bonchev–Trinajstić information content (AvgIpc) is 2.63. The van der Waals surface area contributed by atoms with Crippen LogP contribution in [0.3, 0.4) is 0 Å². The normalized spacial score (nSPS) is 41.9. The summed E-state index contributed by atoms with van der Waals surface area (Å²) in [7, 11) is 0. The van der Waals surface area contributed by atoms with E-state index in [9.17, 15) is 19.8 Å². The van der Waals surface area contributed by atoms with Gasteiger partial charge in [-0.15, -0.1) is 0 Å². The van der Waals surface area contributed by atoms with E-state index in [0.717, 1.165) is 19.3 Å². The van der Waals surface area contributed by atoms with Gasteiger partial charge >= 0.3 is 11.9 Å². The van der Waals surface area contributed by atoms with Crippen molar-refractivity contribution >= 4 is 11.9 Å². The van der Waals surface area contributed by atoms with Crippen LogP contribution in [0.1, 0.15) is 47.0 Å². The molecule has 0 heterocycles. The van der Waals surface area contributed by atoms with Crippen molar-refractivity contribution in [1.82, 2.24) is 0 Å². The molecule has 0 aromatic carbocycles. The highest BCUT2D eigenvalue weighted by Crippen LogP contribution is 2.60. The molecule has 0 saturated heterocycles. The first-order valence-electron chi connectivity index (χ1n) is 7.76. The van der Waals surface area contributed by atoms with Gasteiger partial charge in [0.05, 0.1) is 11.8 Å². The molecule has 5 atom stereocenters. The summed E-state index contributed by atoms with van der Waals surface area (Å²) >= 11 is 0. The fourth-order valence-corrected chi connectivity index (χ4v) is 4.52. The molecule has 0 aromatic heterocycles. The Balaban J connectivity index is 2.49. The minimum absolute atomic E-state index is 0.0271. The Hall–Kier alpha value is -1.32. The summed E-state index contributed by atoms with van der Waals surface area (Å²) in [6.45, 7) is 8.30. The lowest BCUT2D eigenvalue weighted by atomic mass is 9.54. The third kappa shape index (κ3) is 2.39. The van der Waals surface area contributed by atoms with Crippen LogP contribution in [0.15, 0.2) is 12.2 Å². The van der Waals surface area contributed by atoms with Crippen LogP contribution in [0.25, 0.3) is 0 Å². The predicted molar refractivity (Wildman–Crippen MR) is 79.8 cm³/mol. The van der Waals surface area contributed by atoms with Gasteiger partial charge in [-0.25, -0.2) is 0 Å². The van der Waals surface area contributed by atoms with Gasteiger partial charge in [0.15, 0.2) is 0 Å². The summed E-state index contributed by atoms with van der Waals surface area (Å²) < 4.78 is 0. The van der Waals surface area contributed by atoms with Crippen LogP contribution >= 0.6 is 0 Å². The van der Waals surface area contributed by atoms with E-state index in [4.69, 9.17) is 0 Å². The topological polar surface area (TPSA) is 74.6 Å². The Bertz CT molecular complexity index is 479. The minimum Gasteiger partial charge on any atom is -0.481 e. The summed E-state index contributed by atoms with van der Waals surface area (Å²) in [6, 6.07) is 0. The molecule has 0 amide bonds. The van der Waals surface area contributed by atoms with Gasteiger partial charge in [-0.3, -0.25) is 9.59 Å². The molecule has 0 spiro atoms. The zero-order chi connectivity index (χ0) is 16.0. The number of aliphatic carboxylic acids is 2. The molecule has 2 aliphatic carbocycles. The van der Waals surface area contributed by atoms with Crippen molar-refractivity contribution in [3.05, 3.63) is 12.2 Å². The molecule has 2 N–H and O–H groups in total. The first kappa shape index (κ1) is 16.1. The lowest BCUT2D eigenvalue weighted by molar-refractivity contribution is -0.161. The molecule has 1 fully saturated rings. The number of rotatable bonds is 3. The molecule has 118 valence electrons. The van der Waals surface area contributed by atoms with Crippen LogP contribution < -0.4 is 0 Å². The van der Waals surface area contributed by atoms with E-state index in [1.807, 2.05) is 12.2 Å². The van der Waals surface area contributed by atoms with Crippen LogP contribution in [0, 0.1) is 34.5 Å². The second kappa shape index (κ2) is 5.15. The van der Waals surface area contributed by atoms with Crippen molar-refractivity contribution in [2.75, 3.05) is 0 Å². The number of hydrogen-bond acceptors (Lipinski definition) is 2. The number of allylic oxidation sites excluding steroid dienone is 2. The summed E-state index contributed by atoms with van der Waals surface area (Å²) in [5, 5.41) is 19.2. The third-order valence-electron chi connectivity index (χ3n) is 6.31. The van der Waals surface area contributed by atoms with E-state index >= 15 is 0 Å². The number of carboxylic acid groups (broad SMARTS) is 2. The Morgan fingerprint density at radius 2 is 1.57 bits per heavy atom. The second-order valence-electron chi connectivity index (χ2n) is 7.65. The maximum absolute atomic E-state index is 11.8. The van der Waals surface area contributed by atoms with Gasteiger partial charge in [0, 0.05) is 0 Å². The molecular formula is C17H26O4. The van der Waals surface area contributed by atoms with Gasteiger partial charge in [0.2, 0.25) is 0 Å². The second-order valence-corrected chi connectivity index (χ2v) is 7.65. The molecule has 4 heteroatoms. The maximum Gasteiger partial charge on any atom is 0.308 e. The van der Waals surface area contributed by atoms with Crippen LogP contribution in [0.2, 0.25) is 0 Å². The number of hydrogen-bond donors (Lipinski definition) is 2. The molecule has 4 nitrogen and oxygen atoms in total. The first-order valence-corrected chi connectivity index (χ1v) is 7.76. The monoisotopic (exact) mass is 294 g/mol. The van der Waals surface area contributed by atoms with Gasteiger partial charge in [-0.05, 0) is 35.5 Å². The fraction of sp³-hybridized carbons (Fsp3) is 0.765. The lowest BCUT2D eigenvalue weighted by Gasteiger charge is -2.49. The van der Waals surface area contributed by atoms with Gasteiger partial charge in [-0.1, -0.05) is 46.3 Å². The van der Waals surface area contributed by atoms with Crippen LogP contribution in [-0.2, 0) is 9.59 Å². The van der Waals surface area contributed by atoms with Gasteiger partial charge in [-0.2, -0.15) is 0 Å². The highest BCUT2D eigenvalue weighted by atomic mass is 16.4. The standard InChI is InChI=1S/C17H26O4/c1-10-6-7-11(13(15(20)21)12(10)14(18)19)17(4)9-5-8-16(17,2)3/h6-7,10-13H,5,8-9H2,1-4H3,(H,18,19)(H,20,21)/t10?,11?,12?,13?,17-/m0/s1. The molecule has 1 saturated carbocycles. The van der Waals surface area contributed by atoms with Crippen molar-refractivity contribution in [3.8, 4) is 0 Å². The highest BCUT2D eigenvalue weighted by Gasteiger charge is 2.56. The van der Waals surface area contributed by atoms with Gasteiger partial charge < -0.3 is 10.2 Å². The fourth-order valence-electron chi connectivity index (χ4n) is 4.52. The highest BCUT2D eigenvalue weighted by molar-refractivity contribution is 5.81.